The zero-order valence-corrected chi connectivity index (χ0v) is 27.6. The maximum Gasteiger partial charge on any atom is 0.317 e. The molecule has 5 aromatic rings. The molecule has 3 heterocycles. The van der Waals surface area contributed by atoms with Gasteiger partial charge in [0, 0.05) is 68.7 Å². The van der Waals surface area contributed by atoms with Crippen molar-refractivity contribution in [2.45, 2.75) is 13.0 Å². The molecule has 48 heavy (non-hydrogen) atoms. The molecule has 1 saturated heterocycles. The summed E-state index contributed by atoms with van der Waals surface area (Å²) in [5.74, 6) is -0.888. The summed E-state index contributed by atoms with van der Waals surface area (Å²) < 4.78 is 35.1. The second-order valence-corrected chi connectivity index (χ2v) is 12.7. The van der Waals surface area contributed by atoms with Gasteiger partial charge in [0.05, 0.1) is 16.6 Å². The fraction of sp³-hybridized carbons (Fsp3) is 0.200. The Kier molecular flexibility index (Phi) is 10.2. The molecule has 3 aromatic carbocycles. The number of pyridine rings is 1. The van der Waals surface area contributed by atoms with E-state index in [-0.39, 0.29) is 35.0 Å². The predicted molar refractivity (Wildman–Crippen MR) is 187 cm³/mol. The molecule has 0 atom stereocenters. The number of thiophene rings is 1. The molecule has 3 N–H and O–H groups in total. The number of rotatable bonds is 8. The fourth-order valence-electron chi connectivity index (χ4n) is 5.34. The molecule has 0 saturated carbocycles. The first kappa shape index (κ1) is 32.9. The van der Waals surface area contributed by atoms with Crippen molar-refractivity contribution in [2.24, 2.45) is 0 Å². The Bertz CT molecular complexity index is 1940. The van der Waals surface area contributed by atoms with E-state index in [0.717, 1.165) is 40.3 Å². The van der Waals surface area contributed by atoms with Crippen LogP contribution in [0.15, 0.2) is 85.1 Å². The standard InChI is InChI=1S/C35H32F2N6O3S2/c1-38-35(45)43-16-14-42(15-17-43)21-23-2-6-24(7-3-23)31-20-28-33(48-31)30(12-13-39-28)46-29-11-10-26(19-27(29)37)40-34(47)41-32(44)18-22-4-8-25(36)9-5-22/h2-13,19-20H,14-18,21H2,1H3,(H,38,45)(H2,40,41,44,47). The zero-order chi connectivity index (χ0) is 33.6. The molecule has 0 bridgehead atoms. The van der Waals surface area contributed by atoms with E-state index in [4.69, 9.17) is 17.0 Å². The van der Waals surface area contributed by atoms with Crippen molar-refractivity contribution in [1.82, 2.24) is 25.4 Å². The summed E-state index contributed by atoms with van der Waals surface area (Å²) in [4.78, 5) is 33.8. The van der Waals surface area contributed by atoms with Gasteiger partial charge >= 0.3 is 6.03 Å². The second kappa shape index (κ2) is 14.8. The number of nitrogens with zero attached hydrogens (tertiary/aromatic N) is 3. The van der Waals surface area contributed by atoms with E-state index in [1.54, 1.807) is 25.4 Å². The molecule has 13 heteroatoms. The van der Waals surface area contributed by atoms with E-state index in [2.05, 4.69) is 50.1 Å². The number of aromatic nitrogens is 1. The number of carbonyl (C=O) groups excluding carboxylic acids is 2. The number of amides is 3. The molecule has 2 aromatic heterocycles. The first-order valence-electron chi connectivity index (χ1n) is 15.2. The van der Waals surface area contributed by atoms with Crippen LogP contribution in [-0.2, 0) is 17.8 Å². The molecule has 246 valence electrons. The smallest absolute Gasteiger partial charge is 0.317 e. The highest BCUT2D eigenvalue weighted by atomic mass is 32.1. The molecular weight excluding hydrogens is 655 g/mol. The Morgan fingerprint density at radius 3 is 2.35 bits per heavy atom. The minimum Gasteiger partial charge on any atom is -0.453 e. The first-order chi connectivity index (χ1) is 23.2. The minimum atomic E-state index is -0.618. The number of fused-ring (bicyclic) bond motifs is 1. The maximum atomic E-state index is 15.2. The van der Waals surface area contributed by atoms with Crippen LogP contribution in [0.25, 0.3) is 20.7 Å². The Morgan fingerprint density at radius 1 is 0.917 bits per heavy atom. The van der Waals surface area contributed by atoms with Gasteiger partial charge in [-0.15, -0.1) is 11.3 Å². The molecule has 1 fully saturated rings. The fourth-order valence-corrected chi connectivity index (χ4v) is 6.64. The Morgan fingerprint density at radius 2 is 1.65 bits per heavy atom. The maximum absolute atomic E-state index is 15.2. The van der Waals surface area contributed by atoms with Crippen LogP contribution in [0.3, 0.4) is 0 Å². The summed E-state index contributed by atoms with van der Waals surface area (Å²) in [7, 11) is 1.65. The average Bonchev–Trinajstić information content (AvgIpc) is 3.53. The molecule has 9 nitrogen and oxygen atoms in total. The first-order valence-corrected chi connectivity index (χ1v) is 16.5. The van der Waals surface area contributed by atoms with Gasteiger partial charge in [-0.3, -0.25) is 14.7 Å². The van der Waals surface area contributed by atoms with Crippen LogP contribution in [0.2, 0.25) is 0 Å². The summed E-state index contributed by atoms with van der Waals surface area (Å²) in [6.07, 6.45) is 1.64. The summed E-state index contributed by atoms with van der Waals surface area (Å²) in [5.41, 5.74) is 3.94. The van der Waals surface area contributed by atoms with Crippen molar-refractivity contribution in [3.8, 4) is 21.9 Å². The number of halogens is 2. The quantitative estimate of drug-likeness (QED) is 0.159. The van der Waals surface area contributed by atoms with E-state index in [9.17, 15) is 14.0 Å². The number of benzene rings is 3. The highest BCUT2D eigenvalue weighted by molar-refractivity contribution is 7.80. The molecule has 1 aliphatic heterocycles. The predicted octanol–water partition coefficient (Wildman–Crippen LogP) is 6.55. The van der Waals surface area contributed by atoms with Crippen molar-refractivity contribution in [3.63, 3.8) is 0 Å². The van der Waals surface area contributed by atoms with E-state index in [0.29, 0.717) is 30.1 Å². The van der Waals surface area contributed by atoms with Gasteiger partial charge in [0.1, 0.15) is 11.6 Å². The number of ether oxygens (including phenoxy) is 1. The van der Waals surface area contributed by atoms with Crippen molar-refractivity contribution in [1.29, 1.82) is 0 Å². The molecule has 3 amide bonds. The molecule has 0 unspecified atom stereocenters. The van der Waals surface area contributed by atoms with Crippen LogP contribution >= 0.6 is 23.6 Å². The number of urea groups is 1. The molecular formula is C35H32F2N6O3S2. The lowest BCUT2D eigenvalue weighted by molar-refractivity contribution is -0.119. The van der Waals surface area contributed by atoms with Crippen molar-refractivity contribution in [2.75, 3.05) is 38.5 Å². The van der Waals surface area contributed by atoms with E-state index in [1.165, 1.54) is 53.3 Å². The van der Waals surface area contributed by atoms with Gasteiger partial charge in [0.2, 0.25) is 5.91 Å². The number of piperazine rings is 1. The molecule has 0 spiro atoms. The number of thiocarbonyl (C=S) groups is 1. The average molecular weight is 687 g/mol. The Balaban J connectivity index is 1.06. The highest BCUT2D eigenvalue weighted by Crippen LogP contribution is 2.40. The Labute approximate surface area is 285 Å². The number of nitrogens with one attached hydrogen (secondary N) is 3. The normalized spacial score (nSPS) is 13.3. The summed E-state index contributed by atoms with van der Waals surface area (Å²) in [6, 6.07) is 22.0. The number of hydrogen-bond acceptors (Lipinski definition) is 7. The van der Waals surface area contributed by atoms with Crippen LogP contribution in [0.4, 0.5) is 19.3 Å². The molecule has 1 aliphatic rings. The lowest BCUT2D eigenvalue weighted by Crippen LogP contribution is -2.50. The second-order valence-electron chi connectivity index (χ2n) is 11.2. The third kappa shape index (κ3) is 8.11. The SMILES string of the molecule is CNC(=O)N1CCN(Cc2ccc(-c3cc4nccc(Oc5ccc(NC(=S)NC(=O)Cc6ccc(F)cc6)cc5F)c4s3)cc2)CC1. The lowest BCUT2D eigenvalue weighted by Gasteiger charge is -2.34. The van der Waals surface area contributed by atoms with Gasteiger partial charge in [-0.25, -0.2) is 13.6 Å². The van der Waals surface area contributed by atoms with Crippen LogP contribution in [0.1, 0.15) is 11.1 Å². The van der Waals surface area contributed by atoms with Crippen molar-refractivity contribution >= 4 is 56.5 Å². The van der Waals surface area contributed by atoms with Gasteiger partial charge in [0.25, 0.3) is 0 Å². The van der Waals surface area contributed by atoms with Crippen molar-refractivity contribution in [3.05, 3.63) is 108 Å². The minimum absolute atomic E-state index is 0.00544. The third-order valence-electron chi connectivity index (χ3n) is 7.83. The number of anilines is 1. The number of hydrogen-bond donors (Lipinski definition) is 3. The molecule has 0 radical (unpaired) electrons. The van der Waals surface area contributed by atoms with Gasteiger partial charge in [-0.05, 0) is 59.2 Å². The van der Waals surface area contributed by atoms with Crippen molar-refractivity contribution < 1.29 is 23.1 Å². The van der Waals surface area contributed by atoms with Gasteiger partial charge in [-0.1, -0.05) is 36.4 Å². The monoisotopic (exact) mass is 686 g/mol. The van der Waals surface area contributed by atoms with Gasteiger partial charge in [0.15, 0.2) is 16.7 Å². The summed E-state index contributed by atoms with van der Waals surface area (Å²) >= 11 is 6.72. The topological polar surface area (TPSA) is 98.8 Å². The van der Waals surface area contributed by atoms with Crippen LogP contribution in [0, 0.1) is 11.6 Å². The van der Waals surface area contributed by atoms with Crippen LogP contribution < -0.4 is 20.7 Å². The lowest BCUT2D eigenvalue weighted by atomic mass is 10.1. The zero-order valence-electron chi connectivity index (χ0n) is 26.0. The van der Waals surface area contributed by atoms with E-state index < -0.39 is 5.82 Å². The van der Waals surface area contributed by atoms with E-state index in [1.807, 2.05) is 11.0 Å². The third-order valence-corrected chi connectivity index (χ3v) is 9.23. The Hall–Kier alpha value is -4.98. The molecule has 6 rings (SSSR count). The molecule has 0 aliphatic carbocycles. The highest BCUT2D eigenvalue weighted by Gasteiger charge is 2.20. The summed E-state index contributed by atoms with van der Waals surface area (Å²) in [5, 5.41) is 8.03. The number of carbonyl (C=O) groups is 2. The van der Waals surface area contributed by atoms with E-state index >= 15 is 4.39 Å². The van der Waals surface area contributed by atoms with Gasteiger partial charge < -0.3 is 25.6 Å². The van der Waals surface area contributed by atoms with Crippen LogP contribution in [-0.4, -0.2) is 65.1 Å². The largest absolute Gasteiger partial charge is 0.453 e. The van der Waals surface area contributed by atoms with Gasteiger partial charge in [-0.2, -0.15) is 0 Å². The van der Waals surface area contributed by atoms with Crippen LogP contribution in [0.5, 0.6) is 11.5 Å². The summed E-state index contributed by atoms with van der Waals surface area (Å²) in [6.45, 7) is 3.87.